The summed E-state index contributed by atoms with van der Waals surface area (Å²) in [5, 5.41) is 15.9. The van der Waals surface area contributed by atoms with E-state index >= 15 is 0 Å². The normalized spacial score (nSPS) is 12.2. The number of halogens is 1. The van der Waals surface area contributed by atoms with Crippen LogP contribution in [-0.4, -0.2) is 40.3 Å². The molecule has 11 heteroatoms. The summed E-state index contributed by atoms with van der Waals surface area (Å²) in [5.74, 6) is 0.313. The van der Waals surface area contributed by atoms with Crippen molar-refractivity contribution in [3.05, 3.63) is 64.8 Å². The lowest BCUT2D eigenvalue weighted by molar-refractivity contribution is 0.0937. The monoisotopic (exact) mass is 430 g/mol. The molecule has 2 heterocycles. The largest absolute Gasteiger partial charge is 0.342 e. The summed E-state index contributed by atoms with van der Waals surface area (Å²) in [5.41, 5.74) is 0.506. The number of pyridine rings is 1. The molecule has 0 spiro atoms. The van der Waals surface area contributed by atoms with Crippen molar-refractivity contribution in [2.75, 3.05) is 6.26 Å². The molecule has 0 saturated carbocycles. The van der Waals surface area contributed by atoms with Crippen LogP contribution in [0.15, 0.2) is 47.8 Å². The van der Waals surface area contributed by atoms with Crippen molar-refractivity contribution in [3.8, 4) is 11.9 Å². The molecule has 0 unspecified atom stereocenters. The Balaban J connectivity index is 1.86. The minimum Gasteiger partial charge on any atom is -0.342 e. The van der Waals surface area contributed by atoms with Crippen LogP contribution in [0.5, 0.6) is 0 Å². The van der Waals surface area contributed by atoms with Gasteiger partial charge < -0.3 is 5.32 Å². The predicted octanol–water partition coefficient (Wildman–Crippen LogP) is 2.08. The van der Waals surface area contributed by atoms with Crippen LogP contribution < -0.4 is 5.32 Å². The van der Waals surface area contributed by atoms with Crippen molar-refractivity contribution < 1.29 is 13.2 Å². The zero-order valence-electron chi connectivity index (χ0n) is 15.4. The molecule has 1 atom stereocenters. The van der Waals surface area contributed by atoms with Gasteiger partial charge in [0, 0.05) is 23.0 Å². The van der Waals surface area contributed by atoms with Crippen LogP contribution in [0, 0.1) is 11.3 Å². The van der Waals surface area contributed by atoms with E-state index in [4.69, 9.17) is 16.9 Å². The Kier molecular flexibility index (Phi) is 5.63. The third-order valence-corrected chi connectivity index (χ3v) is 5.27. The fourth-order valence-corrected chi connectivity index (χ4v) is 3.53. The van der Waals surface area contributed by atoms with Gasteiger partial charge in [0.1, 0.15) is 12.4 Å². The second-order valence-corrected chi connectivity index (χ2v) is 8.64. The predicted molar refractivity (Wildman–Crippen MR) is 104 cm³/mol. The zero-order valence-corrected chi connectivity index (χ0v) is 16.9. The number of rotatable bonds is 5. The number of carbonyl (C=O) groups excluding carboxylic acids is 1. The van der Waals surface area contributed by atoms with Gasteiger partial charge in [0.05, 0.1) is 16.5 Å². The summed E-state index contributed by atoms with van der Waals surface area (Å²) in [6, 6.07) is 8.53. The van der Waals surface area contributed by atoms with Gasteiger partial charge in [-0.3, -0.25) is 4.79 Å². The molecule has 0 aliphatic heterocycles. The van der Waals surface area contributed by atoms with Crippen LogP contribution in [0.1, 0.15) is 34.7 Å². The fraction of sp³-hybridized carbons (Fsp3) is 0.167. The van der Waals surface area contributed by atoms with Gasteiger partial charge in [0.25, 0.3) is 5.91 Å². The Morgan fingerprint density at radius 1 is 1.28 bits per heavy atom. The number of nitriles is 1. The summed E-state index contributed by atoms with van der Waals surface area (Å²) in [6.45, 7) is 1.70. The van der Waals surface area contributed by atoms with Crippen molar-refractivity contribution in [2.45, 2.75) is 17.9 Å². The molecule has 29 heavy (non-hydrogen) atoms. The highest BCUT2D eigenvalue weighted by Gasteiger charge is 2.20. The van der Waals surface area contributed by atoms with Crippen molar-refractivity contribution in [2.24, 2.45) is 0 Å². The highest BCUT2D eigenvalue weighted by atomic mass is 35.5. The minimum absolute atomic E-state index is 0.0484. The van der Waals surface area contributed by atoms with Crippen molar-refractivity contribution in [3.63, 3.8) is 0 Å². The molecule has 0 saturated heterocycles. The van der Waals surface area contributed by atoms with Crippen molar-refractivity contribution >= 4 is 27.3 Å². The van der Waals surface area contributed by atoms with Gasteiger partial charge in [-0.15, -0.1) is 0 Å². The van der Waals surface area contributed by atoms with Crippen LogP contribution in [-0.2, 0) is 9.84 Å². The Bertz CT molecular complexity index is 1220. The number of sulfone groups is 1. The second kappa shape index (κ2) is 7.98. The molecule has 0 fully saturated rings. The first-order valence-corrected chi connectivity index (χ1v) is 10.5. The Labute approximate surface area is 171 Å². The van der Waals surface area contributed by atoms with Crippen molar-refractivity contribution in [1.82, 2.24) is 25.1 Å². The summed E-state index contributed by atoms with van der Waals surface area (Å²) >= 11 is 5.96. The summed E-state index contributed by atoms with van der Waals surface area (Å²) < 4.78 is 25.0. The van der Waals surface area contributed by atoms with Gasteiger partial charge in [-0.1, -0.05) is 11.6 Å². The maximum absolute atomic E-state index is 12.6. The first-order chi connectivity index (χ1) is 13.7. The summed E-state index contributed by atoms with van der Waals surface area (Å²) in [7, 11) is -3.52. The molecule has 0 bridgehead atoms. The molecular weight excluding hydrogens is 416 g/mol. The third kappa shape index (κ3) is 4.59. The molecule has 3 rings (SSSR count). The van der Waals surface area contributed by atoms with Gasteiger partial charge in [-0.2, -0.15) is 15.0 Å². The SMILES string of the molecule is C[C@@H](NC(=O)c1cc(Cl)cc(S(C)(=O)=O)c1)c1ncnn1-c1ccc(C#N)cn1. The minimum atomic E-state index is -3.52. The highest BCUT2D eigenvalue weighted by Crippen LogP contribution is 2.20. The van der Waals surface area contributed by atoms with E-state index in [0.717, 1.165) is 6.26 Å². The number of hydrogen-bond donors (Lipinski definition) is 1. The van der Waals surface area contributed by atoms with E-state index < -0.39 is 21.8 Å². The average Bonchev–Trinajstić information content (AvgIpc) is 3.17. The molecule has 0 aliphatic rings. The highest BCUT2D eigenvalue weighted by molar-refractivity contribution is 7.90. The number of aromatic nitrogens is 4. The molecule has 0 radical (unpaired) electrons. The van der Waals surface area contributed by atoms with Crippen LogP contribution >= 0.6 is 11.6 Å². The molecule has 3 aromatic rings. The lowest BCUT2D eigenvalue weighted by Gasteiger charge is -2.15. The molecular formula is C18H15ClN6O3S. The van der Waals surface area contributed by atoms with E-state index in [1.165, 1.54) is 35.4 Å². The van der Waals surface area contributed by atoms with Crippen LogP contribution in [0.3, 0.4) is 0 Å². The Morgan fingerprint density at radius 3 is 2.66 bits per heavy atom. The van der Waals surface area contributed by atoms with E-state index in [1.54, 1.807) is 19.1 Å². The maximum atomic E-state index is 12.6. The smallest absolute Gasteiger partial charge is 0.251 e. The number of amides is 1. The quantitative estimate of drug-likeness (QED) is 0.655. The molecule has 0 aliphatic carbocycles. The Hall–Kier alpha value is -3.29. The summed E-state index contributed by atoms with van der Waals surface area (Å²) in [6.07, 6.45) is 3.76. The van der Waals surface area contributed by atoms with E-state index in [9.17, 15) is 13.2 Å². The van der Waals surface area contributed by atoms with Gasteiger partial charge in [0.15, 0.2) is 21.5 Å². The first-order valence-electron chi connectivity index (χ1n) is 8.27. The van der Waals surface area contributed by atoms with Gasteiger partial charge >= 0.3 is 0 Å². The lowest BCUT2D eigenvalue weighted by atomic mass is 10.2. The topological polar surface area (TPSA) is 131 Å². The fourth-order valence-electron chi connectivity index (χ4n) is 2.55. The molecule has 9 nitrogen and oxygen atoms in total. The standard InChI is InChI=1S/C18H15ClN6O3S/c1-11(17-22-10-23-25(17)16-4-3-12(8-20)9-21-16)24-18(26)13-5-14(19)7-15(6-13)29(2,27)28/h3-7,9-11H,1-2H3,(H,24,26)/t11-/m1/s1. The molecule has 2 aromatic heterocycles. The number of nitrogens with zero attached hydrogens (tertiary/aromatic N) is 5. The average molecular weight is 431 g/mol. The maximum Gasteiger partial charge on any atom is 0.251 e. The van der Waals surface area contributed by atoms with Crippen LogP contribution in [0.25, 0.3) is 5.82 Å². The number of benzene rings is 1. The van der Waals surface area contributed by atoms with E-state index in [2.05, 4.69) is 20.4 Å². The van der Waals surface area contributed by atoms with Crippen LogP contribution in [0.2, 0.25) is 5.02 Å². The van der Waals surface area contributed by atoms with Crippen molar-refractivity contribution in [1.29, 1.82) is 5.26 Å². The number of hydrogen-bond acceptors (Lipinski definition) is 7. The van der Waals surface area contributed by atoms with Gasteiger partial charge in [-0.05, 0) is 37.3 Å². The van der Waals surface area contributed by atoms with E-state index in [-0.39, 0.29) is 15.5 Å². The second-order valence-electron chi connectivity index (χ2n) is 6.19. The summed E-state index contributed by atoms with van der Waals surface area (Å²) in [4.78, 5) is 20.9. The molecule has 1 N–H and O–H groups in total. The molecule has 148 valence electrons. The number of carbonyl (C=O) groups is 1. The van der Waals surface area contributed by atoms with Crippen LogP contribution in [0.4, 0.5) is 0 Å². The third-order valence-electron chi connectivity index (χ3n) is 3.96. The number of nitrogens with one attached hydrogen (secondary N) is 1. The zero-order chi connectivity index (χ0) is 21.2. The van der Waals surface area contributed by atoms with Gasteiger partial charge in [-0.25, -0.2) is 18.4 Å². The molecule has 1 amide bonds. The first kappa shape index (κ1) is 20.4. The van der Waals surface area contributed by atoms with E-state index in [0.29, 0.717) is 17.2 Å². The Morgan fingerprint density at radius 2 is 2.03 bits per heavy atom. The molecule has 1 aromatic carbocycles. The van der Waals surface area contributed by atoms with Gasteiger partial charge in [0.2, 0.25) is 0 Å². The van der Waals surface area contributed by atoms with E-state index in [1.807, 2.05) is 6.07 Å². The lowest BCUT2D eigenvalue weighted by Crippen LogP contribution is -2.29.